The number of halogens is 1. The summed E-state index contributed by atoms with van der Waals surface area (Å²) in [6.07, 6.45) is 5.45. The minimum absolute atomic E-state index is 0.299. The Morgan fingerprint density at radius 2 is 2.10 bits per heavy atom. The van der Waals surface area contributed by atoms with Crippen LogP contribution in [0.1, 0.15) is 43.6 Å². The zero-order chi connectivity index (χ0) is 14.8. The second-order valence-electron chi connectivity index (χ2n) is 5.54. The fourth-order valence-corrected chi connectivity index (χ4v) is 2.42. The van der Waals surface area contributed by atoms with Crippen molar-refractivity contribution in [2.45, 2.75) is 52.1 Å². The van der Waals surface area contributed by atoms with E-state index in [1.165, 1.54) is 19.0 Å². The highest BCUT2D eigenvalue weighted by Crippen LogP contribution is 2.21. The standard InChI is InChI=1S/C16H21FN4/c1-3-13-8-15(4-2)21(20-13)16-11(7-12(17)10-19-16)9-18-14-5-6-14/h7-8,10,14,18H,3-6,9H2,1-2H3. The molecule has 5 heteroatoms. The van der Waals surface area contributed by atoms with Crippen LogP contribution in [0.25, 0.3) is 5.82 Å². The zero-order valence-electron chi connectivity index (χ0n) is 12.6. The predicted molar refractivity (Wildman–Crippen MR) is 79.9 cm³/mol. The van der Waals surface area contributed by atoms with E-state index in [9.17, 15) is 4.39 Å². The fourth-order valence-electron chi connectivity index (χ4n) is 2.42. The summed E-state index contributed by atoms with van der Waals surface area (Å²) in [5, 5.41) is 8.03. The Balaban J connectivity index is 1.97. The maximum absolute atomic E-state index is 13.5. The minimum atomic E-state index is -0.299. The molecular formula is C16H21FN4. The summed E-state index contributed by atoms with van der Waals surface area (Å²) in [6.45, 7) is 4.81. The topological polar surface area (TPSA) is 42.7 Å². The van der Waals surface area contributed by atoms with Gasteiger partial charge in [0.05, 0.1) is 11.9 Å². The number of aryl methyl sites for hydroxylation is 2. The Morgan fingerprint density at radius 1 is 1.29 bits per heavy atom. The Labute approximate surface area is 124 Å². The van der Waals surface area contributed by atoms with E-state index in [-0.39, 0.29) is 5.82 Å². The van der Waals surface area contributed by atoms with Gasteiger partial charge in [0, 0.05) is 23.8 Å². The van der Waals surface area contributed by atoms with E-state index < -0.39 is 0 Å². The number of nitrogens with one attached hydrogen (secondary N) is 1. The highest BCUT2D eigenvalue weighted by atomic mass is 19.1. The number of hydrogen-bond acceptors (Lipinski definition) is 3. The van der Waals surface area contributed by atoms with Crippen LogP contribution in [0.4, 0.5) is 4.39 Å². The Hall–Kier alpha value is -1.75. The summed E-state index contributed by atoms with van der Waals surface area (Å²) in [6, 6.07) is 4.24. The number of aromatic nitrogens is 3. The van der Waals surface area contributed by atoms with Crippen LogP contribution in [0.15, 0.2) is 18.3 Å². The van der Waals surface area contributed by atoms with Crippen LogP contribution in [0.5, 0.6) is 0 Å². The molecule has 21 heavy (non-hydrogen) atoms. The van der Waals surface area contributed by atoms with E-state index >= 15 is 0 Å². The summed E-state index contributed by atoms with van der Waals surface area (Å²) < 4.78 is 15.4. The van der Waals surface area contributed by atoms with Gasteiger partial charge in [0.2, 0.25) is 0 Å². The molecule has 1 aliphatic rings. The van der Waals surface area contributed by atoms with E-state index in [1.807, 2.05) is 4.68 Å². The average Bonchev–Trinajstić information content (AvgIpc) is 3.23. The van der Waals surface area contributed by atoms with Crippen LogP contribution in [0.2, 0.25) is 0 Å². The van der Waals surface area contributed by atoms with Crippen LogP contribution in [-0.4, -0.2) is 20.8 Å². The van der Waals surface area contributed by atoms with Crippen molar-refractivity contribution in [3.05, 3.63) is 41.1 Å². The molecule has 0 saturated heterocycles. The number of nitrogens with zero attached hydrogens (tertiary/aromatic N) is 3. The van der Waals surface area contributed by atoms with Gasteiger partial charge in [-0.2, -0.15) is 5.10 Å². The third-order valence-corrected chi connectivity index (χ3v) is 3.83. The average molecular weight is 288 g/mol. The van der Waals surface area contributed by atoms with Gasteiger partial charge in [-0.25, -0.2) is 14.1 Å². The summed E-state index contributed by atoms with van der Waals surface area (Å²) in [5.74, 6) is 0.438. The lowest BCUT2D eigenvalue weighted by molar-refractivity contribution is 0.605. The Kier molecular flexibility index (Phi) is 4.01. The summed E-state index contributed by atoms with van der Waals surface area (Å²) in [7, 11) is 0. The van der Waals surface area contributed by atoms with E-state index in [0.717, 1.165) is 35.6 Å². The van der Waals surface area contributed by atoms with Gasteiger partial charge in [0.15, 0.2) is 5.82 Å². The maximum Gasteiger partial charge on any atom is 0.158 e. The highest BCUT2D eigenvalue weighted by Gasteiger charge is 2.21. The van der Waals surface area contributed by atoms with Gasteiger partial charge in [0.25, 0.3) is 0 Å². The highest BCUT2D eigenvalue weighted by molar-refractivity contribution is 5.36. The second kappa shape index (κ2) is 5.93. The first-order valence-electron chi connectivity index (χ1n) is 7.67. The molecule has 1 fully saturated rings. The first kappa shape index (κ1) is 14.2. The molecule has 1 saturated carbocycles. The van der Waals surface area contributed by atoms with Gasteiger partial charge in [0.1, 0.15) is 5.82 Å². The molecule has 0 spiro atoms. The quantitative estimate of drug-likeness (QED) is 0.889. The van der Waals surface area contributed by atoms with E-state index in [2.05, 4.69) is 35.3 Å². The molecule has 1 aliphatic carbocycles. The molecule has 0 amide bonds. The summed E-state index contributed by atoms with van der Waals surface area (Å²) >= 11 is 0. The molecule has 2 aromatic heterocycles. The third-order valence-electron chi connectivity index (χ3n) is 3.83. The predicted octanol–water partition coefficient (Wildman–Crippen LogP) is 2.78. The van der Waals surface area contributed by atoms with Gasteiger partial charge in [-0.15, -0.1) is 0 Å². The van der Waals surface area contributed by atoms with E-state index in [1.54, 1.807) is 6.07 Å². The van der Waals surface area contributed by atoms with Crippen molar-refractivity contribution in [3.63, 3.8) is 0 Å². The first-order valence-corrected chi connectivity index (χ1v) is 7.67. The lowest BCUT2D eigenvalue weighted by Crippen LogP contribution is -2.18. The largest absolute Gasteiger partial charge is 0.310 e. The van der Waals surface area contributed by atoms with Crippen LogP contribution in [-0.2, 0) is 19.4 Å². The molecular weight excluding hydrogens is 267 g/mol. The molecule has 3 rings (SSSR count). The van der Waals surface area contributed by atoms with Crippen molar-refractivity contribution in [2.24, 2.45) is 0 Å². The molecule has 0 atom stereocenters. The van der Waals surface area contributed by atoms with Crippen molar-refractivity contribution in [1.82, 2.24) is 20.1 Å². The second-order valence-corrected chi connectivity index (χ2v) is 5.54. The maximum atomic E-state index is 13.5. The molecule has 2 heterocycles. The monoisotopic (exact) mass is 288 g/mol. The van der Waals surface area contributed by atoms with Crippen molar-refractivity contribution in [2.75, 3.05) is 0 Å². The third kappa shape index (κ3) is 3.13. The molecule has 4 nitrogen and oxygen atoms in total. The first-order chi connectivity index (χ1) is 10.2. The number of pyridine rings is 1. The molecule has 0 unspecified atom stereocenters. The van der Waals surface area contributed by atoms with Gasteiger partial charge < -0.3 is 5.32 Å². The van der Waals surface area contributed by atoms with Crippen molar-refractivity contribution in [3.8, 4) is 5.82 Å². The Morgan fingerprint density at radius 3 is 2.76 bits per heavy atom. The molecule has 0 radical (unpaired) electrons. The molecule has 0 aliphatic heterocycles. The van der Waals surface area contributed by atoms with Crippen LogP contribution < -0.4 is 5.32 Å². The van der Waals surface area contributed by atoms with Crippen LogP contribution in [0.3, 0.4) is 0 Å². The molecule has 0 bridgehead atoms. The number of rotatable bonds is 6. The number of hydrogen-bond donors (Lipinski definition) is 1. The lowest BCUT2D eigenvalue weighted by atomic mass is 10.2. The van der Waals surface area contributed by atoms with E-state index in [0.29, 0.717) is 12.6 Å². The van der Waals surface area contributed by atoms with E-state index in [4.69, 9.17) is 0 Å². The summed E-state index contributed by atoms with van der Waals surface area (Å²) in [5.41, 5.74) is 3.01. The van der Waals surface area contributed by atoms with Gasteiger partial charge >= 0.3 is 0 Å². The molecule has 0 aromatic carbocycles. The minimum Gasteiger partial charge on any atom is -0.310 e. The smallest absolute Gasteiger partial charge is 0.158 e. The van der Waals surface area contributed by atoms with Crippen molar-refractivity contribution < 1.29 is 4.39 Å². The lowest BCUT2D eigenvalue weighted by Gasteiger charge is -2.11. The van der Waals surface area contributed by atoms with Gasteiger partial charge in [-0.3, -0.25) is 0 Å². The van der Waals surface area contributed by atoms with Crippen LogP contribution in [0, 0.1) is 5.82 Å². The molecule has 112 valence electrons. The van der Waals surface area contributed by atoms with Crippen LogP contribution >= 0.6 is 0 Å². The Bertz CT molecular complexity index is 631. The fraction of sp³-hybridized carbons (Fsp3) is 0.500. The molecule has 2 aromatic rings. The normalized spacial score (nSPS) is 14.6. The SMILES string of the molecule is CCc1cc(CC)n(-c2ncc(F)cc2CNC2CC2)n1. The van der Waals surface area contributed by atoms with Gasteiger partial charge in [-0.1, -0.05) is 13.8 Å². The van der Waals surface area contributed by atoms with Crippen molar-refractivity contribution >= 4 is 0 Å². The zero-order valence-corrected chi connectivity index (χ0v) is 12.6. The summed E-state index contributed by atoms with van der Waals surface area (Å²) in [4.78, 5) is 4.29. The van der Waals surface area contributed by atoms with Gasteiger partial charge in [-0.05, 0) is 37.8 Å². The molecule has 1 N–H and O–H groups in total. The van der Waals surface area contributed by atoms with Crippen molar-refractivity contribution in [1.29, 1.82) is 0 Å².